The quantitative estimate of drug-likeness (QED) is 0.490. The van der Waals surface area contributed by atoms with Crippen LogP contribution in [0.4, 0.5) is 4.39 Å². The normalized spacial score (nSPS) is 9.55. The molecule has 0 aromatic heterocycles. The van der Waals surface area contributed by atoms with E-state index in [1.165, 1.54) is 0 Å². The first kappa shape index (κ1) is 8.01. The van der Waals surface area contributed by atoms with Gasteiger partial charge in [-0.25, -0.2) is 4.39 Å². The molecule has 0 aliphatic heterocycles. The zero-order valence-corrected chi connectivity index (χ0v) is 6.00. The van der Waals surface area contributed by atoms with Crippen molar-refractivity contribution in [3.05, 3.63) is 30.3 Å². The highest BCUT2D eigenvalue weighted by Gasteiger charge is 1.88. The van der Waals surface area contributed by atoms with Crippen LogP contribution in [0, 0.1) is 0 Å². The third-order valence-corrected chi connectivity index (χ3v) is 1.13. The van der Waals surface area contributed by atoms with Crippen molar-refractivity contribution in [3.8, 4) is 5.75 Å². The minimum absolute atomic E-state index is 0.0412. The number of halogens is 1. The molecule has 0 atom stereocenters. The number of alkyl halides is 1. The van der Waals surface area contributed by atoms with Crippen LogP contribution in [-0.2, 0) is 4.74 Å². The summed E-state index contributed by atoms with van der Waals surface area (Å²) in [5.74, 6) is 0.681. The van der Waals surface area contributed by atoms with Gasteiger partial charge in [0, 0.05) is 0 Å². The average molecular weight is 156 g/mol. The van der Waals surface area contributed by atoms with Crippen molar-refractivity contribution in [2.45, 2.75) is 0 Å². The molecule has 0 saturated carbocycles. The van der Waals surface area contributed by atoms with Crippen LogP contribution < -0.4 is 4.74 Å². The largest absolute Gasteiger partial charge is 0.467 e. The lowest BCUT2D eigenvalue weighted by atomic mass is 10.3. The van der Waals surface area contributed by atoms with E-state index in [1.807, 2.05) is 18.2 Å². The summed E-state index contributed by atoms with van der Waals surface area (Å²) in [5, 5.41) is 0. The van der Waals surface area contributed by atoms with Crippen LogP contribution in [0.2, 0.25) is 0 Å². The number of ether oxygens (including phenoxy) is 2. The third kappa shape index (κ3) is 3.00. The summed E-state index contributed by atoms with van der Waals surface area (Å²) in [6, 6.07) is 9.11. The van der Waals surface area contributed by atoms with Gasteiger partial charge in [-0.2, -0.15) is 0 Å². The Balaban J connectivity index is 2.28. The van der Waals surface area contributed by atoms with Gasteiger partial charge >= 0.3 is 0 Å². The van der Waals surface area contributed by atoms with Gasteiger partial charge < -0.3 is 9.47 Å². The Kier molecular flexibility index (Phi) is 3.41. The van der Waals surface area contributed by atoms with E-state index < -0.39 is 6.86 Å². The maximum absolute atomic E-state index is 11.4. The Hall–Kier alpha value is -1.09. The number of benzene rings is 1. The minimum atomic E-state index is -0.813. The van der Waals surface area contributed by atoms with Crippen molar-refractivity contribution in [1.29, 1.82) is 0 Å². The fourth-order valence-electron chi connectivity index (χ4n) is 0.658. The Bertz CT molecular complexity index is 189. The average Bonchev–Trinajstić information content (AvgIpc) is 2.07. The molecule has 0 heterocycles. The van der Waals surface area contributed by atoms with Crippen LogP contribution >= 0.6 is 0 Å². The number of rotatable bonds is 4. The van der Waals surface area contributed by atoms with Crippen molar-refractivity contribution in [3.63, 3.8) is 0 Å². The zero-order valence-electron chi connectivity index (χ0n) is 6.00. The predicted octanol–water partition coefficient (Wildman–Crippen LogP) is 1.97. The summed E-state index contributed by atoms with van der Waals surface area (Å²) in [4.78, 5) is 0. The topological polar surface area (TPSA) is 18.5 Å². The van der Waals surface area contributed by atoms with Crippen LogP contribution in [0.1, 0.15) is 0 Å². The molecule has 0 aliphatic rings. The number of para-hydroxylation sites is 1. The summed E-state index contributed by atoms with van der Waals surface area (Å²) >= 11 is 0. The molecule has 0 unspecified atom stereocenters. The second-order valence-electron chi connectivity index (χ2n) is 1.89. The smallest absolute Gasteiger partial charge is 0.192 e. The van der Waals surface area contributed by atoms with Gasteiger partial charge in [0.25, 0.3) is 0 Å². The molecule has 1 aromatic rings. The molecule has 0 aliphatic carbocycles. The van der Waals surface area contributed by atoms with E-state index >= 15 is 0 Å². The third-order valence-electron chi connectivity index (χ3n) is 1.13. The van der Waals surface area contributed by atoms with Crippen LogP contribution in [0.25, 0.3) is 0 Å². The van der Waals surface area contributed by atoms with E-state index in [2.05, 4.69) is 4.74 Å². The maximum Gasteiger partial charge on any atom is 0.192 e. The van der Waals surface area contributed by atoms with E-state index in [0.717, 1.165) is 0 Å². The van der Waals surface area contributed by atoms with Crippen molar-refractivity contribution in [1.82, 2.24) is 0 Å². The highest BCUT2D eigenvalue weighted by atomic mass is 19.1. The highest BCUT2D eigenvalue weighted by molar-refractivity contribution is 5.20. The van der Waals surface area contributed by atoms with E-state index in [0.29, 0.717) is 5.75 Å². The zero-order chi connectivity index (χ0) is 7.94. The second kappa shape index (κ2) is 4.68. The Labute approximate surface area is 64.6 Å². The fraction of sp³-hybridized carbons (Fsp3) is 0.250. The van der Waals surface area contributed by atoms with Crippen LogP contribution in [0.5, 0.6) is 5.75 Å². The first-order valence-corrected chi connectivity index (χ1v) is 3.25. The maximum atomic E-state index is 11.4. The van der Waals surface area contributed by atoms with Gasteiger partial charge in [-0.15, -0.1) is 0 Å². The molecular weight excluding hydrogens is 147 g/mol. The van der Waals surface area contributed by atoms with Gasteiger partial charge in [0.05, 0.1) is 0 Å². The van der Waals surface area contributed by atoms with Crippen molar-refractivity contribution < 1.29 is 13.9 Å². The van der Waals surface area contributed by atoms with Crippen LogP contribution in [0.3, 0.4) is 0 Å². The molecule has 0 radical (unpaired) electrons. The molecule has 0 fully saturated rings. The molecule has 2 nitrogen and oxygen atoms in total. The van der Waals surface area contributed by atoms with Gasteiger partial charge in [-0.05, 0) is 12.1 Å². The lowest BCUT2D eigenvalue weighted by molar-refractivity contribution is -0.0284. The van der Waals surface area contributed by atoms with E-state index in [4.69, 9.17) is 4.74 Å². The van der Waals surface area contributed by atoms with Crippen molar-refractivity contribution >= 4 is 0 Å². The van der Waals surface area contributed by atoms with E-state index in [9.17, 15) is 4.39 Å². The summed E-state index contributed by atoms with van der Waals surface area (Å²) < 4.78 is 20.7. The van der Waals surface area contributed by atoms with Gasteiger partial charge in [0.15, 0.2) is 13.7 Å². The fourth-order valence-corrected chi connectivity index (χ4v) is 0.658. The highest BCUT2D eigenvalue weighted by Crippen LogP contribution is 2.07. The van der Waals surface area contributed by atoms with Crippen molar-refractivity contribution in [2.24, 2.45) is 0 Å². The molecule has 3 heteroatoms. The molecule has 0 spiro atoms. The molecule has 0 N–H and O–H groups in total. The predicted molar refractivity (Wildman–Crippen MR) is 39.0 cm³/mol. The lowest BCUT2D eigenvalue weighted by Gasteiger charge is -2.02. The Morgan fingerprint density at radius 3 is 2.55 bits per heavy atom. The monoisotopic (exact) mass is 156 g/mol. The molecule has 0 saturated heterocycles. The van der Waals surface area contributed by atoms with Crippen molar-refractivity contribution in [2.75, 3.05) is 13.7 Å². The van der Waals surface area contributed by atoms with Gasteiger partial charge in [0.2, 0.25) is 0 Å². The standard InChI is InChI=1S/C8H9FO2/c9-6-10-7-11-8-4-2-1-3-5-8/h1-5H,6-7H2. The number of hydrogen-bond acceptors (Lipinski definition) is 2. The second-order valence-corrected chi connectivity index (χ2v) is 1.89. The SMILES string of the molecule is FCOCOc1ccccc1. The summed E-state index contributed by atoms with van der Waals surface area (Å²) in [6.07, 6.45) is 0. The van der Waals surface area contributed by atoms with E-state index in [1.54, 1.807) is 12.1 Å². The first-order valence-electron chi connectivity index (χ1n) is 3.25. The Morgan fingerprint density at radius 2 is 1.91 bits per heavy atom. The number of hydrogen-bond donors (Lipinski definition) is 0. The first-order chi connectivity index (χ1) is 5.43. The molecule has 60 valence electrons. The minimum Gasteiger partial charge on any atom is -0.467 e. The van der Waals surface area contributed by atoms with E-state index in [-0.39, 0.29) is 6.79 Å². The van der Waals surface area contributed by atoms with Crippen LogP contribution in [-0.4, -0.2) is 13.7 Å². The van der Waals surface area contributed by atoms with Gasteiger partial charge in [-0.1, -0.05) is 18.2 Å². The molecule has 1 aromatic carbocycles. The van der Waals surface area contributed by atoms with Gasteiger partial charge in [-0.3, -0.25) is 0 Å². The molecular formula is C8H9FO2. The molecule has 0 amide bonds. The summed E-state index contributed by atoms with van der Waals surface area (Å²) in [7, 11) is 0. The Morgan fingerprint density at radius 1 is 1.18 bits per heavy atom. The lowest BCUT2D eigenvalue weighted by Crippen LogP contribution is -2.00. The summed E-state index contributed by atoms with van der Waals surface area (Å²) in [6.45, 7) is -0.854. The molecule has 1 rings (SSSR count). The molecule has 11 heavy (non-hydrogen) atoms. The molecule has 0 bridgehead atoms. The summed E-state index contributed by atoms with van der Waals surface area (Å²) in [5.41, 5.74) is 0. The van der Waals surface area contributed by atoms with Gasteiger partial charge in [0.1, 0.15) is 5.75 Å². The van der Waals surface area contributed by atoms with Crippen LogP contribution in [0.15, 0.2) is 30.3 Å².